The Morgan fingerprint density at radius 2 is 2.26 bits per heavy atom. The van der Waals surface area contributed by atoms with Crippen LogP contribution in [0.2, 0.25) is 0 Å². The van der Waals surface area contributed by atoms with Crippen LogP contribution < -0.4 is 10.6 Å². The second kappa shape index (κ2) is 6.41. The Bertz CT molecular complexity index is 674. The zero-order chi connectivity index (χ0) is 16.4. The van der Waals surface area contributed by atoms with Crippen LogP contribution in [0, 0.1) is 13.8 Å². The summed E-state index contributed by atoms with van der Waals surface area (Å²) in [6, 6.07) is -0.270. The molecule has 1 aliphatic heterocycles. The summed E-state index contributed by atoms with van der Waals surface area (Å²) in [5.74, 6) is 0.689. The number of carbonyl (C=O) groups is 1. The topological polar surface area (TPSA) is 94.2 Å². The predicted octanol–water partition coefficient (Wildman–Crippen LogP) is 2.07. The Morgan fingerprint density at radius 1 is 1.43 bits per heavy atom. The first kappa shape index (κ1) is 15.5. The van der Waals surface area contributed by atoms with Gasteiger partial charge in [0.15, 0.2) is 0 Å². The number of hydrogen-bond acceptors (Lipinski definition) is 5. The summed E-state index contributed by atoms with van der Waals surface area (Å²) in [6.45, 7) is 4.31. The van der Waals surface area contributed by atoms with E-state index in [1.165, 1.54) is 0 Å². The maximum Gasteiger partial charge on any atom is 0.323 e. The molecular weight excluding hydrogens is 298 g/mol. The molecule has 124 valence electrons. The number of amides is 2. The van der Waals surface area contributed by atoms with Gasteiger partial charge < -0.3 is 14.5 Å². The first-order valence-electron chi connectivity index (χ1n) is 7.64. The van der Waals surface area contributed by atoms with Gasteiger partial charge in [-0.25, -0.2) is 4.79 Å². The highest BCUT2D eigenvalue weighted by Gasteiger charge is 2.30. The maximum atomic E-state index is 12.2. The van der Waals surface area contributed by atoms with Crippen LogP contribution in [-0.2, 0) is 11.8 Å². The van der Waals surface area contributed by atoms with Gasteiger partial charge in [-0.05, 0) is 26.7 Å². The number of aromatic nitrogens is 3. The van der Waals surface area contributed by atoms with Crippen LogP contribution in [0.25, 0.3) is 0 Å². The van der Waals surface area contributed by atoms with E-state index in [1.807, 2.05) is 20.2 Å². The second-order valence-electron chi connectivity index (χ2n) is 5.75. The number of aryl methyl sites for hydroxylation is 3. The van der Waals surface area contributed by atoms with Gasteiger partial charge in [-0.2, -0.15) is 10.1 Å². The van der Waals surface area contributed by atoms with Crippen LogP contribution >= 0.6 is 0 Å². The Kier molecular flexibility index (Phi) is 4.33. The molecule has 2 aromatic rings. The number of nitrogens with one attached hydrogen (secondary N) is 2. The molecule has 8 heteroatoms. The number of carbonyl (C=O) groups excluding carboxylic acids is 1. The average Bonchev–Trinajstić information content (AvgIpc) is 3.06. The van der Waals surface area contributed by atoms with Gasteiger partial charge in [0.05, 0.1) is 17.9 Å². The summed E-state index contributed by atoms with van der Waals surface area (Å²) < 4.78 is 12.9. The molecule has 0 aliphatic carbocycles. The van der Waals surface area contributed by atoms with Crippen molar-refractivity contribution in [3.63, 3.8) is 0 Å². The SMILES string of the molecule is Cc1nc(NC(=O)N[C@H]2CCCO[C@@H]2c2cnn(C)c2)oc1C. The van der Waals surface area contributed by atoms with Crippen molar-refractivity contribution >= 4 is 12.0 Å². The van der Waals surface area contributed by atoms with E-state index in [2.05, 4.69) is 20.7 Å². The first-order chi connectivity index (χ1) is 11.0. The molecule has 0 radical (unpaired) electrons. The zero-order valence-corrected chi connectivity index (χ0v) is 13.5. The van der Waals surface area contributed by atoms with E-state index in [0.717, 1.165) is 24.1 Å². The van der Waals surface area contributed by atoms with Crippen LogP contribution in [0.1, 0.15) is 36.0 Å². The lowest BCUT2D eigenvalue weighted by Gasteiger charge is -2.31. The molecule has 0 bridgehead atoms. The normalized spacial score (nSPS) is 21.2. The predicted molar refractivity (Wildman–Crippen MR) is 83.1 cm³/mol. The molecule has 8 nitrogen and oxygen atoms in total. The number of oxazole rings is 1. The Balaban J connectivity index is 1.65. The highest BCUT2D eigenvalue weighted by atomic mass is 16.5. The van der Waals surface area contributed by atoms with Gasteiger partial charge in [-0.3, -0.25) is 10.00 Å². The van der Waals surface area contributed by atoms with E-state index >= 15 is 0 Å². The van der Waals surface area contributed by atoms with Gasteiger partial charge in [0, 0.05) is 25.4 Å². The third-order valence-corrected chi connectivity index (χ3v) is 3.94. The van der Waals surface area contributed by atoms with Crippen molar-refractivity contribution in [3.8, 4) is 0 Å². The smallest absolute Gasteiger partial charge is 0.323 e. The minimum atomic E-state index is -0.351. The number of rotatable bonds is 3. The molecule has 0 saturated carbocycles. The molecule has 2 aromatic heterocycles. The van der Waals surface area contributed by atoms with E-state index in [-0.39, 0.29) is 24.2 Å². The van der Waals surface area contributed by atoms with Gasteiger partial charge in [0.2, 0.25) is 0 Å². The van der Waals surface area contributed by atoms with Crippen molar-refractivity contribution < 1.29 is 13.9 Å². The minimum absolute atomic E-state index is 0.120. The standard InChI is InChI=1S/C15H21N5O3/c1-9-10(2)23-15(17-9)19-14(21)18-12-5-4-6-22-13(12)11-7-16-20(3)8-11/h7-8,12-13H,4-6H2,1-3H3,(H2,17,18,19,21)/t12-,13+/m0/s1. The largest absolute Gasteiger partial charge is 0.428 e. The van der Waals surface area contributed by atoms with Crippen LogP contribution in [-0.4, -0.2) is 33.4 Å². The molecule has 0 spiro atoms. The highest BCUT2D eigenvalue weighted by Crippen LogP contribution is 2.28. The average molecular weight is 319 g/mol. The van der Waals surface area contributed by atoms with E-state index < -0.39 is 0 Å². The molecule has 23 heavy (non-hydrogen) atoms. The third-order valence-electron chi connectivity index (χ3n) is 3.94. The lowest BCUT2D eigenvalue weighted by atomic mass is 9.98. The number of anilines is 1. The Labute approximate surface area is 134 Å². The first-order valence-corrected chi connectivity index (χ1v) is 7.64. The number of nitrogens with zero attached hydrogens (tertiary/aromatic N) is 3. The monoisotopic (exact) mass is 319 g/mol. The van der Waals surface area contributed by atoms with Crippen molar-refractivity contribution in [1.29, 1.82) is 0 Å². The van der Waals surface area contributed by atoms with E-state index in [0.29, 0.717) is 12.4 Å². The van der Waals surface area contributed by atoms with E-state index in [1.54, 1.807) is 17.8 Å². The lowest BCUT2D eigenvalue weighted by Crippen LogP contribution is -2.44. The third kappa shape index (κ3) is 3.53. The van der Waals surface area contributed by atoms with Crippen molar-refractivity contribution in [3.05, 3.63) is 29.4 Å². The van der Waals surface area contributed by atoms with Crippen molar-refractivity contribution in [2.45, 2.75) is 38.8 Å². The molecule has 2 N–H and O–H groups in total. The summed E-state index contributed by atoms with van der Waals surface area (Å²) in [7, 11) is 1.86. The number of urea groups is 1. The van der Waals surface area contributed by atoms with E-state index in [4.69, 9.17) is 9.15 Å². The summed E-state index contributed by atoms with van der Waals surface area (Å²) in [6.07, 6.45) is 5.22. The van der Waals surface area contributed by atoms with Gasteiger partial charge in [-0.15, -0.1) is 0 Å². The molecular formula is C15H21N5O3. The fourth-order valence-electron chi connectivity index (χ4n) is 2.67. The van der Waals surface area contributed by atoms with Crippen molar-refractivity contribution in [1.82, 2.24) is 20.1 Å². The van der Waals surface area contributed by atoms with E-state index in [9.17, 15) is 4.79 Å². The van der Waals surface area contributed by atoms with Gasteiger partial charge in [0.25, 0.3) is 0 Å². The fraction of sp³-hybridized carbons (Fsp3) is 0.533. The Morgan fingerprint density at radius 3 is 2.91 bits per heavy atom. The summed E-state index contributed by atoms with van der Waals surface area (Å²) >= 11 is 0. The number of hydrogen-bond donors (Lipinski definition) is 2. The summed E-state index contributed by atoms with van der Waals surface area (Å²) in [5, 5.41) is 9.73. The van der Waals surface area contributed by atoms with Crippen LogP contribution in [0.5, 0.6) is 0 Å². The Hall–Kier alpha value is -2.35. The molecule has 3 heterocycles. The lowest BCUT2D eigenvalue weighted by molar-refractivity contribution is -0.00702. The van der Waals surface area contributed by atoms with Gasteiger partial charge in [-0.1, -0.05) is 0 Å². The summed E-state index contributed by atoms with van der Waals surface area (Å²) in [5.41, 5.74) is 1.72. The molecule has 0 aromatic carbocycles. The highest BCUT2D eigenvalue weighted by molar-refractivity contribution is 5.87. The minimum Gasteiger partial charge on any atom is -0.428 e. The maximum absolute atomic E-state index is 12.2. The van der Waals surface area contributed by atoms with Crippen LogP contribution in [0.15, 0.2) is 16.8 Å². The molecule has 1 fully saturated rings. The fourth-order valence-corrected chi connectivity index (χ4v) is 2.67. The van der Waals surface area contributed by atoms with Crippen LogP contribution in [0.4, 0.5) is 10.8 Å². The molecule has 3 rings (SSSR count). The molecule has 2 atom stereocenters. The molecule has 1 saturated heterocycles. The second-order valence-corrected chi connectivity index (χ2v) is 5.75. The molecule has 2 amide bonds. The number of ether oxygens (including phenoxy) is 1. The quantitative estimate of drug-likeness (QED) is 0.903. The molecule has 1 aliphatic rings. The van der Waals surface area contributed by atoms with Gasteiger partial charge >= 0.3 is 12.0 Å². The zero-order valence-electron chi connectivity index (χ0n) is 13.5. The van der Waals surface area contributed by atoms with Gasteiger partial charge in [0.1, 0.15) is 11.9 Å². The van der Waals surface area contributed by atoms with Crippen LogP contribution in [0.3, 0.4) is 0 Å². The van der Waals surface area contributed by atoms with Crippen molar-refractivity contribution in [2.75, 3.05) is 11.9 Å². The molecule has 0 unspecified atom stereocenters. The van der Waals surface area contributed by atoms with Crippen molar-refractivity contribution in [2.24, 2.45) is 7.05 Å². The summed E-state index contributed by atoms with van der Waals surface area (Å²) in [4.78, 5) is 16.3.